The van der Waals surface area contributed by atoms with Crippen molar-refractivity contribution in [2.24, 2.45) is 0 Å². The summed E-state index contributed by atoms with van der Waals surface area (Å²) in [7, 11) is 0. The minimum absolute atomic E-state index is 0.0962. The van der Waals surface area contributed by atoms with Gasteiger partial charge in [-0.05, 0) is 19.1 Å². The fourth-order valence-electron chi connectivity index (χ4n) is 1.61. The summed E-state index contributed by atoms with van der Waals surface area (Å²) in [6.45, 7) is 1.59. The Morgan fingerprint density at radius 2 is 2.28 bits per heavy atom. The number of benzene rings is 1. The number of hydrogen-bond donors (Lipinski definition) is 1. The molecule has 0 unspecified atom stereocenters. The average molecular weight is 262 g/mol. The molecule has 0 amide bonds. The van der Waals surface area contributed by atoms with Gasteiger partial charge in [-0.3, -0.25) is 0 Å². The first-order valence-corrected chi connectivity index (χ1v) is 5.41. The summed E-state index contributed by atoms with van der Waals surface area (Å²) in [6.07, 6.45) is 1.37. The highest BCUT2D eigenvalue weighted by molar-refractivity contribution is 6.32. The van der Waals surface area contributed by atoms with E-state index in [1.165, 1.54) is 10.9 Å². The van der Waals surface area contributed by atoms with Gasteiger partial charge < -0.3 is 5.11 Å². The molecular weight excluding hydrogens is 254 g/mol. The Morgan fingerprint density at radius 3 is 2.83 bits per heavy atom. The highest BCUT2D eigenvalue weighted by atomic mass is 35.5. The topological polar surface area (TPSA) is 78.9 Å². The summed E-state index contributed by atoms with van der Waals surface area (Å²) >= 11 is 5.91. The van der Waals surface area contributed by atoms with Gasteiger partial charge in [-0.15, -0.1) is 0 Å². The second-order valence-corrected chi connectivity index (χ2v) is 4.03. The number of aryl methyl sites for hydroxylation is 1. The molecule has 1 N–H and O–H groups in total. The molecule has 0 spiro atoms. The minimum atomic E-state index is -1.06. The van der Waals surface area contributed by atoms with Crippen molar-refractivity contribution in [2.45, 2.75) is 6.92 Å². The maximum Gasteiger partial charge on any atom is 0.339 e. The van der Waals surface area contributed by atoms with Crippen molar-refractivity contribution in [1.29, 1.82) is 5.26 Å². The zero-order valence-electron chi connectivity index (χ0n) is 9.38. The summed E-state index contributed by atoms with van der Waals surface area (Å²) in [5, 5.41) is 22.4. The molecule has 0 aliphatic rings. The highest BCUT2D eigenvalue weighted by Crippen LogP contribution is 2.22. The number of carbonyl (C=O) groups is 1. The van der Waals surface area contributed by atoms with E-state index in [0.717, 1.165) is 0 Å². The largest absolute Gasteiger partial charge is 0.478 e. The molecule has 0 bridgehead atoms. The number of carboxylic acid groups (broad SMARTS) is 1. The molecule has 0 atom stereocenters. The molecule has 0 aliphatic heterocycles. The summed E-state index contributed by atoms with van der Waals surface area (Å²) in [4.78, 5) is 10.9. The lowest BCUT2D eigenvalue weighted by Gasteiger charge is -2.04. The van der Waals surface area contributed by atoms with Crippen LogP contribution in [-0.2, 0) is 0 Å². The van der Waals surface area contributed by atoms with Crippen molar-refractivity contribution in [3.63, 3.8) is 0 Å². The first-order chi connectivity index (χ1) is 8.54. The lowest BCUT2D eigenvalue weighted by Crippen LogP contribution is -1.99. The summed E-state index contributed by atoms with van der Waals surface area (Å²) in [5.41, 5.74) is 1.20. The normalized spacial score (nSPS) is 10.1. The Kier molecular flexibility index (Phi) is 3.04. The van der Waals surface area contributed by atoms with E-state index in [0.29, 0.717) is 16.4 Å². The minimum Gasteiger partial charge on any atom is -0.478 e. The van der Waals surface area contributed by atoms with Crippen molar-refractivity contribution < 1.29 is 9.90 Å². The number of rotatable bonds is 2. The molecule has 1 heterocycles. The molecule has 0 radical (unpaired) electrons. The molecule has 2 aromatic rings. The first kappa shape index (κ1) is 12.1. The molecule has 5 nitrogen and oxygen atoms in total. The molecule has 18 heavy (non-hydrogen) atoms. The lowest BCUT2D eigenvalue weighted by molar-refractivity contribution is 0.0696. The van der Waals surface area contributed by atoms with Crippen LogP contribution in [0.1, 0.15) is 21.6 Å². The molecule has 0 saturated carbocycles. The van der Waals surface area contributed by atoms with Gasteiger partial charge in [0.1, 0.15) is 11.6 Å². The van der Waals surface area contributed by atoms with Crippen molar-refractivity contribution in [1.82, 2.24) is 9.78 Å². The van der Waals surface area contributed by atoms with E-state index in [1.807, 2.05) is 6.07 Å². The number of nitriles is 1. The third kappa shape index (κ3) is 1.94. The van der Waals surface area contributed by atoms with Gasteiger partial charge in [-0.1, -0.05) is 17.7 Å². The maximum atomic E-state index is 10.9. The molecule has 1 aromatic heterocycles. The Bertz CT molecular complexity index is 670. The van der Waals surface area contributed by atoms with Gasteiger partial charge in [0.2, 0.25) is 0 Å². The van der Waals surface area contributed by atoms with E-state index >= 15 is 0 Å². The van der Waals surface area contributed by atoms with Crippen molar-refractivity contribution in [3.05, 3.63) is 46.2 Å². The van der Waals surface area contributed by atoms with Crippen LogP contribution < -0.4 is 0 Å². The van der Waals surface area contributed by atoms with E-state index in [-0.39, 0.29) is 11.1 Å². The van der Waals surface area contributed by atoms with Gasteiger partial charge in [0.05, 0.1) is 22.0 Å². The number of carboxylic acids is 1. The number of aromatic carboxylic acids is 1. The van der Waals surface area contributed by atoms with E-state index in [2.05, 4.69) is 5.10 Å². The number of nitrogens with zero attached hydrogens (tertiary/aromatic N) is 3. The average Bonchev–Trinajstić information content (AvgIpc) is 2.71. The van der Waals surface area contributed by atoms with Gasteiger partial charge in [0, 0.05) is 6.20 Å². The van der Waals surface area contributed by atoms with Gasteiger partial charge >= 0.3 is 5.97 Å². The Hall–Kier alpha value is -2.32. The molecule has 0 fully saturated rings. The van der Waals surface area contributed by atoms with Crippen molar-refractivity contribution >= 4 is 17.6 Å². The standard InChI is InChI=1S/C12H8ClN3O2/c1-7-9(12(17)18)6-16(15-7)11-4-2-3-10(13)8(11)5-14/h2-4,6H,1H3,(H,17,18). The molecule has 1 aromatic carbocycles. The Morgan fingerprint density at radius 1 is 1.56 bits per heavy atom. The van der Waals surface area contributed by atoms with E-state index in [1.54, 1.807) is 25.1 Å². The van der Waals surface area contributed by atoms with E-state index in [4.69, 9.17) is 22.0 Å². The van der Waals surface area contributed by atoms with Gasteiger partial charge in [-0.25, -0.2) is 9.48 Å². The molecule has 2 rings (SSSR count). The predicted molar refractivity (Wildman–Crippen MR) is 65.0 cm³/mol. The second-order valence-electron chi connectivity index (χ2n) is 3.62. The fraction of sp³-hybridized carbons (Fsp3) is 0.0833. The van der Waals surface area contributed by atoms with Crippen molar-refractivity contribution in [2.75, 3.05) is 0 Å². The summed E-state index contributed by atoms with van der Waals surface area (Å²) < 4.78 is 1.35. The van der Waals surface area contributed by atoms with Gasteiger partial charge in [-0.2, -0.15) is 10.4 Å². The van der Waals surface area contributed by atoms with Crippen molar-refractivity contribution in [3.8, 4) is 11.8 Å². The number of aromatic nitrogens is 2. The smallest absolute Gasteiger partial charge is 0.339 e. The highest BCUT2D eigenvalue weighted by Gasteiger charge is 2.15. The Labute approximate surface area is 108 Å². The maximum absolute atomic E-state index is 10.9. The molecular formula is C12H8ClN3O2. The number of halogens is 1. The zero-order valence-corrected chi connectivity index (χ0v) is 10.1. The van der Waals surface area contributed by atoms with Crippen LogP contribution in [0.3, 0.4) is 0 Å². The Balaban J connectivity index is 2.64. The van der Waals surface area contributed by atoms with E-state index in [9.17, 15) is 4.79 Å². The second kappa shape index (κ2) is 4.51. The molecule has 0 saturated heterocycles. The zero-order chi connectivity index (χ0) is 13.3. The SMILES string of the molecule is Cc1nn(-c2cccc(Cl)c2C#N)cc1C(=O)O. The van der Waals surface area contributed by atoms with Crippen LogP contribution in [0.15, 0.2) is 24.4 Å². The quantitative estimate of drug-likeness (QED) is 0.900. The monoisotopic (exact) mass is 261 g/mol. The van der Waals surface area contributed by atoms with Crippen LogP contribution in [0.25, 0.3) is 5.69 Å². The predicted octanol–water partition coefficient (Wildman–Crippen LogP) is 2.40. The third-order valence-corrected chi connectivity index (χ3v) is 2.79. The third-order valence-electron chi connectivity index (χ3n) is 2.48. The fourth-order valence-corrected chi connectivity index (χ4v) is 1.82. The van der Waals surface area contributed by atoms with Crippen LogP contribution in [-0.4, -0.2) is 20.9 Å². The van der Waals surface area contributed by atoms with Crippen LogP contribution in [0, 0.1) is 18.3 Å². The van der Waals surface area contributed by atoms with Crippen LogP contribution in [0.4, 0.5) is 0 Å². The summed E-state index contributed by atoms with van der Waals surface area (Å²) in [6, 6.07) is 6.91. The van der Waals surface area contributed by atoms with Gasteiger partial charge in [0.25, 0.3) is 0 Å². The van der Waals surface area contributed by atoms with Crippen LogP contribution >= 0.6 is 11.6 Å². The first-order valence-electron chi connectivity index (χ1n) is 5.03. The summed E-state index contributed by atoms with van der Waals surface area (Å²) in [5.74, 6) is -1.06. The molecule has 6 heteroatoms. The lowest BCUT2D eigenvalue weighted by atomic mass is 10.2. The molecule has 0 aliphatic carbocycles. The number of hydrogen-bond acceptors (Lipinski definition) is 3. The van der Waals surface area contributed by atoms with Crippen LogP contribution in [0.2, 0.25) is 5.02 Å². The van der Waals surface area contributed by atoms with Gasteiger partial charge in [0.15, 0.2) is 0 Å². The van der Waals surface area contributed by atoms with E-state index < -0.39 is 5.97 Å². The van der Waals surface area contributed by atoms with Crippen LogP contribution in [0.5, 0.6) is 0 Å². The molecule has 90 valence electrons.